The van der Waals surface area contributed by atoms with Crippen molar-refractivity contribution in [1.29, 1.82) is 0 Å². The summed E-state index contributed by atoms with van der Waals surface area (Å²) in [5.41, 5.74) is 5.15. The molecule has 0 aromatic heterocycles. The van der Waals surface area contributed by atoms with Crippen LogP contribution in [0.25, 0.3) is 0 Å². The van der Waals surface area contributed by atoms with Gasteiger partial charge in [0.15, 0.2) is 0 Å². The minimum atomic E-state index is -0.723. The van der Waals surface area contributed by atoms with Crippen LogP contribution in [0.3, 0.4) is 0 Å². The molecule has 13 heavy (non-hydrogen) atoms. The lowest BCUT2D eigenvalue weighted by molar-refractivity contribution is -0.796. The van der Waals surface area contributed by atoms with Gasteiger partial charge in [0.25, 0.3) is 5.96 Å². The van der Waals surface area contributed by atoms with Crippen LogP contribution in [0.4, 0.5) is 0 Å². The molecular weight excluding hydrogens is 178 g/mol. The van der Waals surface area contributed by atoms with E-state index in [0.717, 1.165) is 11.4 Å². The lowest BCUT2D eigenvalue weighted by Gasteiger charge is -2.09. The third-order valence-corrected chi connectivity index (χ3v) is 1.27. The zero-order chi connectivity index (χ0) is 10.3. The zero-order valence-electron chi connectivity index (χ0n) is 7.25. The lowest BCUT2D eigenvalue weighted by atomic mass is 10.3. The third kappa shape index (κ3) is 4.67. The van der Waals surface area contributed by atoms with Crippen molar-refractivity contribution in [1.82, 2.24) is 5.01 Å². The fourth-order valence-corrected chi connectivity index (χ4v) is 0.644. The Morgan fingerprint density at radius 3 is 2.69 bits per heavy atom. The van der Waals surface area contributed by atoms with E-state index in [9.17, 15) is 9.81 Å². The molecule has 0 aromatic carbocycles. The fraction of sp³-hybridized carbons (Fsp3) is 0.800. The van der Waals surface area contributed by atoms with Crippen LogP contribution < -0.4 is 5.73 Å². The Balaban J connectivity index is 4.22. The number of nitrogens with two attached hydrogens (primary N) is 1. The van der Waals surface area contributed by atoms with Gasteiger partial charge < -0.3 is 5.73 Å². The maximum Gasteiger partial charge on any atom is 0.391 e. The minimum Gasteiger partial charge on any atom is -0.363 e. The topological polar surface area (TPSA) is 111 Å². The van der Waals surface area contributed by atoms with E-state index in [4.69, 9.17) is 10.9 Å². The molecule has 0 atom stereocenters. The SMILES string of the molecule is CCCCN(N=O)C(N)=N[N+](=O)O. The van der Waals surface area contributed by atoms with E-state index in [1.807, 2.05) is 6.92 Å². The molecule has 8 heteroatoms. The van der Waals surface area contributed by atoms with E-state index < -0.39 is 11.0 Å². The highest BCUT2D eigenvalue weighted by Gasteiger charge is 2.13. The Morgan fingerprint density at radius 2 is 2.31 bits per heavy atom. The van der Waals surface area contributed by atoms with Gasteiger partial charge in [0.2, 0.25) is 0 Å². The molecule has 0 radical (unpaired) electrons. The first-order valence-electron chi connectivity index (χ1n) is 3.72. The van der Waals surface area contributed by atoms with Crippen molar-refractivity contribution in [2.24, 2.45) is 16.1 Å². The normalized spacial score (nSPS) is 11.0. The predicted octanol–water partition coefficient (Wildman–Crippen LogP) is 0.168. The van der Waals surface area contributed by atoms with Gasteiger partial charge in [0.1, 0.15) is 10.0 Å². The standard InChI is InChI=1S/C5H12N5O3/c1-2-3-4-9(8-11)5(6)7-10(12)13/h2-4H2,1H3,(H2,6,7)(H,12,13)/q+1. The fourth-order valence-electron chi connectivity index (χ4n) is 0.644. The van der Waals surface area contributed by atoms with Gasteiger partial charge in [-0.1, -0.05) is 13.3 Å². The number of hydrogen-bond donors (Lipinski definition) is 2. The average molecular weight is 190 g/mol. The second kappa shape index (κ2) is 5.86. The molecule has 3 N–H and O–H groups in total. The molecular formula is C5H12N5O3+. The van der Waals surface area contributed by atoms with Gasteiger partial charge in [-0.3, -0.25) is 0 Å². The van der Waals surface area contributed by atoms with Crippen molar-refractivity contribution in [3.8, 4) is 0 Å². The van der Waals surface area contributed by atoms with Gasteiger partial charge >= 0.3 is 5.03 Å². The molecule has 8 nitrogen and oxygen atoms in total. The van der Waals surface area contributed by atoms with E-state index >= 15 is 0 Å². The first-order valence-corrected chi connectivity index (χ1v) is 3.72. The summed E-state index contributed by atoms with van der Waals surface area (Å²) in [6, 6.07) is 0. The molecule has 0 aliphatic rings. The Bertz CT molecular complexity index is 216. The predicted molar refractivity (Wildman–Crippen MR) is 44.4 cm³/mol. The number of nitrogens with zero attached hydrogens (tertiary/aromatic N) is 4. The van der Waals surface area contributed by atoms with Crippen molar-refractivity contribution >= 4 is 5.96 Å². The summed E-state index contributed by atoms with van der Waals surface area (Å²) in [4.78, 5) is 20.1. The van der Waals surface area contributed by atoms with Gasteiger partial charge in [0, 0.05) is 6.54 Å². The summed E-state index contributed by atoms with van der Waals surface area (Å²) in [6.45, 7) is 2.19. The number of guanidine groups is 1. The van der Waals surface area contributed by atoms with Gasteiger partial charge in [0.05, 0.1) is 5.29 Å². The molecule has 0 heterocycles. The molecule has 0 aromatic rings. The van der Waals surface area contributed by atoms with E-state index in [2.05, 4.69) is 10.4 Å². The molecule has 0 bridgehead atoms. The van der Waals surface area contributed by atoms with Gasteiger partial charge in [-0.15, -0.1) is 4.91 Å². The van der Waals surface area contributed by atoms with Gasteiger partial charge in [-0.2, -0.15) is 5.01 Å². The number of hydrazone groups is 1. The highest BCUT2D eigenvalue weighted by Crippen LogP contribution is 1.94. The summed E-state index contributed by atoms with van der Waals surface area (Å²) >= 11 is 0. The van der Waals surface area contributed by atoms with E-state index in [0.29, 0.717) is 6.42 Å². The highest BCUT2D eigenvalue weighted by molar-refractivity contribution is 5.76. The number of hydrogen-bond acceptors (Lipinski definition) is 3. The maximum absolute atomic E-state index is 10.1. The quantitative estimate of drug-likeness (QED) is 0.278. The monoisotopic (exact) mass is 190 g/mol. The molecule has 0 saturated heterocycles. The molecule has 74 valence electrons. The summed E-state index contributed by atoms with van der Waals surface area (Å²) < 4.78 is 0. The molecule has 0 saturated carbocycles. The number of rotatable bonds is 5. The van der Waals surface area contributed by atoms with Crippen molar-refractivity contribution in [3.63, 3.8) is 0 Å². The molecule has 0 spiro atoms. The second-order valence-electron chi connectivity index (χ2n) is 2.27. The molecule has 0 aliphatic heterocycles. The van der Waals surface area contributed by atoms with Crippen LogP contribution in [-0.2, 0) is 0 Å². The Morgan fingerprint density at radius 1 is 1.69 bits per heavy atom. The largest absolute Gasteiger partial charge is 0.391 e. The molecule has 0 rings (SSSR count). The third-order valence-electron chi connectivity index (χ3n) is 1.27. The lowest BCUT2D eigenvalue weighted by Crippen LogP contribution is -2.34. The first-order chi connectivity index (χ1) is 6.11. The van der Waals surface area contributed by atoms with Gasteiger partial charge in [-0.25, -0.2) is 5.21 Å². The van der Waals surface area contributed by atoms with E-state index in [1.54, 1.807) is 0 Å². The first kappa shape index (κ1) is 11.3. The smallest absolute Gasteiger partial charge is 0.363 e. The second-order valence-corrected chi connectivity index (χ2v) is 2.27. The van der Waals surface area contributed by atoms with Crippen molar-refractivity contribution < 1.29 is 10.2 Å². The van der Waals surface area contributed by atoms with Crippen LogP contribution in [-0.4, -0.2) is 27.8 Å². The van der Waals surface area contributed by atoms with Crippen LogP contribution in [0.1, 0.15) is 19.8 Å². The molecule has 0 amide bonds. The Kier molecular flexibility index (Phi) is 5.08. The summed E-state index contributed by atoms with van der Waals surface area (Å²) in [6.07, 6.45) is 1.53. The Labute approximate surface area is 74.5 Å². The van der Waals surface area contributed by atoms with Crippen LogP contribution in [0.5, 0.6) is 0 Å². The molecule has 0 aliphatic carbocycles. The van der Waals surface area contributed by atoms with Crippen molar-refractivity contribution in [3.05, 3.63) is 9.81 Å². The Hall–Kier alpha value is -1.73. The summed E-state index contributed by atoms with van der Waals surface area (Å²) in [5.74, 6) is -0.430. The molecule has 0 fully saturated rings. The van der Waals surface area contributed by atoms with E-state index in [-0.39, 0.29) is 6.54 Å². The minimum absolute atomic E-state index is 0.267. The highest BCUT2D eigenvalue weighted by atomic mass is 16.7. The van der Waals surface area contributed by atoms with Crippen LogP contribution in [0.15, 0.2) is 10.4 Å². The summed E-state index contributed by atoms with van der Waals surface area (Å²) in [5, 5.41) is 13.6. The maximum atomic E-state index is 10.1. The van der Waals surface area contributed by atoms with Crippen molar-refractivity contribution in [2.75, 3.05) is 6.54 Å². The van der Waals surface area contributed by atoms with Crippen molar-refractivity contribution in [2.45, 2.75) is 19.8 Å². The van der Waals surface area contributed by atoms with E-state index in [1.165, 1.54) is 0 Å². The van der Waals surface area contributed by atoms with Gasteiger partial charge in [-0.05, 0) is 6.42 Å². The molecule has 0 unspecified atom stereocenters. The van der Waals surface area contributed by atoms with Crippen LogP contribution in [0.2, 0.25) is 0 Å². The number of nitroso groups, excluding NO2 is 1. The average Bonchev–Trinajstić information content (AvgIpc) is 2.04. The zero-order valence-corrected chi connectivity index (χ0v) is 7.25. The van der Waals surface area contributed by atoms with Crippen LogP contribution >= 0.6 is 0 Å². The van der Waals surface area contributed by atoms with Crippen LogP contribution in [0, 0.1) is 9.81 Å². The number of unbranched alkanes of at least 4 members (excludes halogenated alkanes) is 1. The summed E-state index contributed by atoms with van der Waals surface area (Å²) in [7, 11) is 0.